The molecule has 0 aliphatic carbocycles. The van der Waals surface area contributed by atoms with Gasteiger partial charge in [-0.15, -0.1) is 0 Å². The second-order valence-corrected chi connectivity index (χ2v) is 2.11. The molecule has 0 spiro atoms. The van der Waals surface area contributed by atoms with Crippen LogP contribution in [0, 0.1) is 0 Å². The summed E-state index contributed by atoms with van der Waals surface area (Å²) in [5, 5.41) is 8.39. The van der Waals surface area contributed by atoms with Crippen molar-refractivity contribution in [2.24, 2.45) is 5.73 Å². The Balaban J connectivity index is 3.66. The first-order valence-corrected chi connectivity index (χ1v) is 3.36. The number of aliphatic carboxylic acids is 1. The highest BCUT2D eigenvalue weighted by Gasteiger charge is 2.09. The number of hydrogen-bond donors (Lipinski definition) is 2. The van der Waals surface area contributed by atoms with Crippen LogP contribution in [-0.2, 0) is 9.53 Å². The standard InChI is InChI=1S/C7H13NO3/c1-3-11-6(8)4-5(2)7(9)10/h6H,2-4,8H2,1H3,(H,9,10). The van der Waals surface area contributed by atoms with E-state index in [2.05, 4.69) is 6.58 Å². The molecule has 0 aliphatic rings. The molecule has 0 saturated heterocycles. The van der Waals surface area contributed by atoms with Gasteiger partial charge >= 0.3 is 5.97 Å². The number of rotatable bonds is 5. The van der Waals surface area contributed by atoms with Crippen LogP contribution < -0.4 is 5.73 Å². The lowest BCUT2D eigenvalue weighted by Gasteiger charge is -2.10. The number of ether oxygens (including phenoxy) is 1. The van der Waals surface area contributed by atoms with Crippen molar-refractivity contribution in [1.29, 1.82) is 0 Å². The zero-order valence-electron chi connectivity index (χ0n) is 6.54. The van der Waals surface area contributed by atoms with Gasteiger partial charge in [0, 0.05) is 18.6 Å². The lowest BCUT2D eigenvalue weighted by atomic mass is 10.2. The normalized spacial score (nSPS) is 12.5. The van der Waals surface area contributed by atoms with Gasteiger partial charge in [-0.1, -0.05) is 6.58 Å². The first kappa shape index (κ1) is 10.1. The van der Waals surface area contributed by atoms with Crippen LogP contribution in [0.25, 0.3) is 0 Å². The van der Waals surface area contributed by atoms with Crippen LogP contribution in [0.2, 0.25) is 0 Å². The maximum absolute atomic E-state index is 10.2. The number of carboxylic acid groups (broad SMARTS) is 1. The minimum Gasteiger partial charge on any atom is -0.478 e. The Morgan fingerprint density at radius 3 is 2.73 bits per heavy atom. The van der Waals surface area contributed by atoms with Gasteiger partial charge in [0.15, 0.2) is 0 Å². The van der Waals surface area contributed by atoms with E-state index >= 15 is 0 Å². The van der Waals surface area contributed by atoms with Crippen molar-refractivity contribution in [3.63, 3.8) is 0 Å². The molecule has 0 saturated carbocycles. The van der Waals surface area contributed by atoms with Crippen molar-refractivity contribution in [1.82, 2.24) is 0 Å². The molecular weight excluding hydrogens is 146 g/mol. The molecule has 0 rings (SSSR count). The number of hydrogen-bond acceptors (Lipinski definition) is 3. The van der Waals surface area contributed by atoms with Crippen molar-refractivity contribution in [2.45, 2.75) is 19.6 Å². The molecule has 0 aromatic heterocycles. The fourth-order valence-corrected chi connectivity index (χ4v) is 0.603. The van der Waals surface area contributed by atoms with Crippen molar-refractivity contribution >= 4 is 5.97 Å². The van der Waals surface area contributed by atoms with Crippen LogP contribution in [-0.4, -0.2) is 23.9 Å². The van der Waals surface area contributed by atoms with Gasteiger partial charge < -0.3 is 15.6 Å². The molecule has 4 nitrogen and oxygen atoms in total. The van der Waals surface area contributed by atoms with Gasteiger partial charge in [-0.05, 0) is 6.92 Å². The number of carboxylic acids is 1. The lowest BCUT2D eigenvalue weighted by molar-refractivity contribution is -0.133. The Morgan fingerprint density at radius 1 is 1.82 bits per heavy atom. The Bertz CT molecular complexity index is 156. The molecule has 3 N–H and O–H groups in total. The molecule has 1 atom stereocenters. The average molecular weight is 159 g/mol. The smallest absolute Gasteiger partial charge is 0.331 e. The summed E-state index contributed by atoms with van der Waals surface area (Å²) in [4.78, 5) is 10.2. The van der Waals surface area contributed by atoms with Crippen molar-refractivity contribution in [3.8, 4) is 0 Å². The second-order valence-electron chi connectivity index (χ2n) is 2.11. The van der Waals surface area contributed by atoms with E-state index in [9.17, 15) is 4.79 Å². The molecule has 0 radical (unpaired) electrons. The number of nitrogens with two attached hydrogens (primary N) is 1. The van der Waals surface area contributed by atoms with Crippen molar-refractivity contribution < 1.29 is 14.6 Å². The highest BCUT2D eigenvalue weighted by molar-refractivity contribution is 5.85. The fourth-order valence-electron chi connectivity index (χ4n) is 0.603. The molecule has 0 aromatic rings. The van der Waals surface area contributed by atoms with Gasteiger partial charge in [0.1, 0.15) is 6.23 Å². The molecule has 0 amide bonds. The fraction of sp³-hybridized carbons (Fsp3) is 0.571. The Kier molecular flexibility index (Phi) is 4.49. The van der Waals surface area contributed by atoms with Crippen LogP contribution in [0.1, 0.15) is 13.3 Å². The molecule has 0 fully saturated rings. The zero-order chi connectivity index (χ0) is 8.85. The predicted octanol–water partition coefficient (Wildman–Crippen LogP) is 0.339. The third kappa shape index (κ3) is 4.52. The maximum atomic E-state index is 10.2. The van der Waals surface area contributed by atoms with E-state index in [4.69, 9.17) is 15.6 Å². The van der Waals surface area contributed by atoms with Crippen LogP contribution >= 0.6 is 0 Å². The monoisotopic (exact) mass is 159 g/mol. The lowest BCUT2D eigenvalue weighted by Crippen LogP contribution is -2.25. The van der Waals surface area contributed by atoms with Crippen LogP contribution in [0.3, 0.4) is 0 Å². The minimum atomic E-state index is -1.03. The van der Waals surface area contributed by atoms with E-state index in [1.54, 1.807) is 6.92 Å². The summed E-state index contributed by atoms with van der Waals surface area (Å²) in [7, 11) is 0. The Labute approximate surface area is 65.6 Å². The molecule has 11 heavy (non-hydrogen) atoms. The van der Waals surface area contributed by atoms with E-state index in [1.807, 2.05) is 0 Å². The molecule has 64 valence electrons. The van der Waals surface area contributed by atoms with Crippen LogP contribution in [0.4, 0.5) is 0 Å². The molecular formula is C7H13NO3. The Hall–Kier alpha value is -0.870. The highest BCUT2D eigenvalue weighted by Crippen LogP contribution is 2.01. The van der Waals surface area contributed by atoms with E-state index in [1.165, 1.54) is 0 Å². The molecule has 1 unspecified atom stereocenters. The van der Waals surface area contributed by atoms with E-state index in [0.29, 0.717) is 6.61 Å². The van der Waals surface area contributed by atoms with Crippen molar-refractivity contribution in [3.05, 3.63) is 12.2 Å². The van der Waals surface area contributed by atoms with E-state index in [-0.39, 0.29) is 12.0 Å². The summed E-state index contributed by atoms with van der Waals surface area (Å²) in [6.45, 7) is 5.59. The first-order valence-electron chi connectivity index (χ1n) is 3.36. The maximum Gasteiger partial charge on any atom is 0.331 e. The quantitative estimate of drug-likeness (QED) is 0.448. The molecule has 0 aliphatic heterocycles. The van der Waals surface area contributed by atoms with Crippen LogP contribution in [0.5, 0.6) is 0 Å². The van der Waals surface area contributed by atoms with Gasteiger partial charge in [-0.3, -0.25) is 0 Å². The Morgan fingerprint density at radius 2 is 2.36 bits per heavy atom. The molecule has 0 bridgehead atoms. The predicted molar refractivity (Wildman–Crippen MR) is 41.0 cm³/mol. The van der Waals surface area contributed by atoms with E-state index in [0.717, 1.165) is 0 Å². The van der Waals surface area contributed by atoms with Crippen molar-refractivity contribution in [2.75, 3.05) is 6.61 Å². The number of carbonyl (C=O) groups is 1. The average Bonchev–Trinajstić information content (AvgIpc) is 1.87. The summed E-state index contributed by atoms with van der Waals surface area (Å²) in [6, 6.07) is 0. The third-order valence-electron chi connectivity index (χ3n) is 1.13. The third-order valence-corrected chi connectivity index (χ3v) is 1.13. The molecule has 0 heterocycles. The minimum absolute atomic E-state index is 0.0750. The SMILES string of the molecule is C=C(CC(N)OCC)C(=O)O. The summed E-state index contributed by atoms with van der Waals surface area (Å²) < 4.78 is 4.92. The zero-order valence-corrected chi connectivity index (χ0v) is 6.54. The molecule has 4 heteroatoms. The summed E-state index contributed by atoms with van der Waals surface area (Å²) in [6.07, 6.45) is -0.382. The van der Waals surface area contributed by atoms with Crippen LogP contribution in [0.15, 0.2) is 12.2 Å². The second kappa shape index (κ2) is 4.87. The summed E-state index contributed by atoms with van der Waals surface area (Å²) in [5.74, 6) is -1.03. The highest BCUT2D eigenvalue weighted by atomic mass is 16.5. The van der Waals surface area contributed by atoms with Gasteiger partial charge in [-0.25, -0.2) is 4.79 Å². The molecule has 0 aromatic carbocycles. The first-order chi connectivity index (χ1) is 5.07. The largest absolute Gasteiger partial charge is 0.478 e. The van der Waals surface area contributed by atoms with Gasteiger partial charge in [-0.2, -0.15) is 0 Å². The summed E-state index contributed by atoms with van der Waals surface area (Å²) in [5.41, 5.74) is 5.45. The summed E-state index contributed by atoms with van der Waals surface area (Å²) >= 11 is 0. The van der Waals surface area contributed by atoms with E-state index < -0.39 is 12.2 Å². The van der Waals surface area contributed by atoms with Gasteiger partial charge in [0.05, 0.1) is 0 Å². The van der Waals surface area contributed by atoms with Gasteiger partial charge in [0.2, 0.25) is 0 Å². The topological polar surface area (TPSA) is 72.5 Å². The van der Waals surface area contributed by atoms with Gasteiger partial charge in [0.25, 0.3) is 0 Å².